The van der Waals surface area contributed by atoms with Gasteiger partial charge in [0.1, 0.15) is 0 Å². The van der Waals surface area contributed by atoms with Crippen molar-refractivity contribution in [2.45, 2.75) is 25.7 Å². The minimum absolute atomic E-state index is 0.0134. The van der Waals surface area contributed by atoms with Crippen molar-refractivity contribution in [3.8, 4) is 0 Å². The van der Waals surface area contributed by atoms with Crippen molar-refractivity contribution in [3.05, 3.63) is 60.1 Å². The molecular weight excluding hydrogens is 300 g/mol. The molecule has 2 aromatic rings. The van der Waals surface area contributed by atoms with E-state index in [-0.39, 0.29) is 5.91 Å². The van der Waals surface area contributed by atoms with Gasteiger partial charge >= 0.3 is 0 Å². The van der Waals surface area contributed by atoms with E-state index in [0.717, 1.165) is 45.6 Å². The van der Waals surface area contributed by atoms with E-state index >= 15 is 0 Å². The average molecular weight is 326 g/mol. The van der Waals surface area contributed by atoms with Crippen LogP contribution in [0, 0.1) is 0 Å². The summed E-state index contributed by atoms with van der Waals surface area (Å²) in [7, 11) is 0. The maximum Gasteiger partial charge on any atom is 0.289 e. The number of rotatable bonds is 5. The molecule has 128 valence electrons. The topological polar surface area (TPSA) is 36.7 Å². The van der Waals surface area contributed by atoms with Crippen LogP contribution in [-0.2, 0) is 0 Å². The Hall–Kier alpha value is -2.07. The minimum Gasteiger partial charge on any atom is -0.459 e. The average Bonchev–Trinajstić information content (AvgIpc) is 3.06. The molecule has 1 saturated heterocycles. The molecule has 1 aromatic heterocycles. The van der Waals surface area contributed by atoms with Gasteiger partial charge in [-0.3, -0.25) is 4.79 Å². The number of carbonyl (C=O) groups is 1. The van der Waals surface area contributed by atoms with E-state index in [9.17, 15) is 4.79 Å². The van der Waals surface area contributed by atoms with Crippen molar-refractivity contribution in [3.63, 3.8) is 0 Å². The van der Waals surface area contributed by atoms with Crippen LogP contribution in [0.3, 0.4) is 0 Å². The highest BCUT2D eigenvalue weighted by molar-refractivity contribution is 5.91. The third kappa shape index (κ3) is 4.26. The Bertz CT molecular complexity index is 624. The quantitative estimate of drug-likeness (QED) is 0.842. The number of benzene rings is 1. The van der Waals surface area contributed by atoms with Crippen LogP contribution in [0.15, 0.2) is 53.1 Å². The summed E-state index contributed by atoms with van der Waals surface area (Å²) in [5.74, 6) is 1.02. The highest BCUT2D eigenvalue weighted by Gasteiger charge is 2.22. The lowest BCUT2D eigenvalue weighted by atomic mass is 9.98. The number of hydrogen-bond acceptors (Lipinski definition) is 3. The van der Waals surface area contributed by atoms with E-state index in [2.05, 4.69) is 42.2 Å². The SMILES string of the molecule is C[C@H](CCN1CCCN(C(=O)c2ccco2)CC1)c1ccccc1. The second-order valence-electron chi connectivity index (χ2n) is 6.57. The van der Waals surface area contributed by atoms with Gasteiger partial charge in [0.05, 0.1) is 6.26 Å². The van der Waals surface area contributed by atoms with Crippen molar-refractivity contribution in [1.29, 1.82) is 0 Å². The zero-order chi connectivity index (χ0) is 16.8. The van der Waals surface area contributed by atoms with Crippen molar-refractivity contribution < 1.29 is 9.21 Å². The number of hydrogen-bond donors (Lipinski definition) is 0. The minimum atomic E-state index is 0.0134. The van der Waals surface area contributed by atoms with Crippen LogP contribution >= 0.6 is 0 Å². The van der Waals surface area contributed by atoms with Gasteiger partial charge in [-0.2, -0.15) is 0 Å². The molecule has 0 unspecified atom stereocenters. The summed E-state index contributed by atoms with van der Waals surface area (Å²) in [4.78, 5) is 16.8. The Balaban J connectivity index is 1.48. The molecule has 0 radical (unpaired) electrons. The van der Waals surface area contributed by atoms with E-state index in [4.69, 9.17) is 4.42 Å². The predicted octanol–water partition coefficient (Wildman–Crippen LogP) is 3.62. The first-order valence-corrected chi connectivity index (χ1v) is 8.84. The van der Waals surface area contributed by atoms with Crippen molar-refractivity contribution in [2.75, 3.05) is 32.7 Å². The van der Waals surface area contributed by atoms with Crippen LogP contribution in [0.25, 0.3) is 0 Å². The van der Waals surface area contributed by atoms with Crippen LogP contribution in [0.2, 0.25) is 0 Å². The molecule has 0 N–H and O–H groups in total. The number of carbonyl (C=O) groups excluding carboxylic acids is 1. The number of nitrogens with zero attached hydrogens (tertiary/aromatic N) is 2. The van der Waals surface area contributed by atoms with Crippen molar-refractivity contribution in [2.24, 2.45) is 0 Å². The van der Waals surface area contributed by atoms with E-state index in [0.29, 0.717) is 11.7 Å². The summed E-state index contributed by atoms with van der Waals surface area (Å²) in [6, 6.07) is 14.2. The van der Waals surface area contributed by atoms with Gasteiger partial charge in [0.15, 0.2) is 5.76 Å². The predicted molar refractivity (Wildman–Crippen MR) is 95.1 cm³/mol. The van der Waals surface area contributed by atoms with E-state index in [1.807, 2.05) is 4.90 Å². The summed E-state index contributed by atoms with van der Waals surface area (Å²) < 4.78 is 5.24. The normalized spacial score (nSPS) is 17.5. The molecule has 0 spiro atoms. The third-order valence-corrected chi connectivity index (χ3v) is 4.85. The van der Waals surface area contributed by atoms with Crippen molar-refractivity contribution >= 4 is 5.91 Å². The first-order chi connectivity index (χ1) is 11.7. The fourth-order valence-electron chi connectivity index (χ4n) is 3.28. The molecule has 1 amide bonds. The summed E-state index contributed by atoms with van der Waals surface area (Å²) in [5.41, 5.74) is 1.40. The van der Waals surface area contributed by atoms with Gasteiger partial charge in [-0.05, 0) is 49.5 Å². The molecule has 2 heterocycles. The van der Waals surface area contributed by atoms with Gasteiger partial charge in [-0.25, -0.2) is 0 Å². The zero-order valence-corrected chi connectivity index (χ0v) is 14.4. The third-order valence-electron chi connectivity index (χ3n) is 4.85. The zero-order valence-electron chi connectivity index (χ0n) is 14.4. The fourth-order valence-corrected chi connectivity index (χ4v) is 3.28. The van der Waals surface area contributed by atoms with Gasteiger partial charge in [0, 0.05) is 19.6 Å². The van der Waals surface area contributed by atoms with Crippen LogP contribution in [-0.4, -0.2) is 48.4 Å². The monoisotopic (exact) mass is 326 g/mol. The Kier molecular flexibility index (Phi) is 5.70. The molecule has 3 rings (SSSR count). The van der Waals surface area contributed by atoms with Crippen LogP contribution < -0.4 is 0 Å². The van der Waals surface area contributed by atoms with Gasteiger partial charge in [0.25, 0.3) is 5.91 Å². The number of furan rings is 1. The first kappa shape index (κ1) is 16.8. The Morgan fingerprint density at radius 3 is 2.67 bits per heavy atom. The molecule has 1 aliphatic rings. The summed E-state index contributed by atoms with van der Waals surface area (Å²) in [6.45, 7) is 6.96. The molecule has 1 atom stereocenters. The lowest BCUT2D eigenvalue weighted by molar-refractivity contribution is 0.0729. The maximum absolute atomic E-state index is 12.4. The second kappa shape index (κ2) is 8.15. The molecule has 4 heteroatoms. The Morgan fingerprint density at radius 1 is 1.08 bits per heavy atom. The maximum atomic E-state index is 12.4. The summed E-state index contributed by atoms with van der Waals surface area (Å²) >= 11 is 0. The second-order valence-corrected chi connectivity index (χ2v) is 6.57. The van der Waals surface area contributed by atoms with Crippen LogP contribution in [0.5, 0.6) is 0 Å². The fraction of sp³-hybridized carbons (Fsp3) is 0.450. The van der Waals surface area contributed by atoms with Gasteiger partial charge in [-0.1, -0.05) is 37.3 Å². The molecule has 1 aliphatic heterocycles. The van der Waals surface area contributed by atoms with E-state index in [1.165, 1.54) is 5.56 Å². The molecular formula is C20H26N2O2. The standard InChI is InChI=1S/C20H26N2O2/c1-17(18-7-3-2-4-8-18)10-13-21-11-6-12-22(15-14-21)20(23)19-9-5-16-24-19/h2-5,7-9,16-17H,6,10-15H2,1H3/t17-/m1/s1. The molecule has 0 saturated carbocycles. The lowest BCUT2D eigenvalue weighted by Gasteiger charge is -2.23. The molecule has 0 aliphatic carbocycles. The summed E-state index contributed by atoms with van der Waals surface area (Å²) in [6.07, 6.45) is 3.73. The molecule has 4 nitrogen and oxygen atoms in total. The van der Waals surface area contributed by atoms with Crippen LogP contribution in [0.1, 0.15) is 41.8 Å². The smallest absolute Gasteiger partial charge is 0.289 e. The molecule has 1 fully saturated rings. The summed E-state index contributed by atoms with van der Waals surface area (Å²) in [5, 5.41) is 0. The lowest BCUT2D eigenvalue weighted by Crippen LogP contribution is -2.35. The highest BCUT2D eigenvalue weighted by atomic mass is 16.3. The van der Waals surface area contributed by atoms with Crippen LogP contribution in [0.4, 0.5) is 0 Å². The van der Waals surface area contributed by atoms with E-state index in [1.54, 1.807) is 18.4 Å². The molecule has 24 heavy (non-hydrogen) atoms. The Labute approximate surface area is 144 Å². The first-order valence-electron chi connectivity index (χ1n) is 8.84. The van der Waals surface area contributed by atoms with E-state index < -0.39 is 0 Å². The molecule has 0 bridgehead atoms. The van der Waals surface area contributed by atoms with Gasteiger partial charge in [0.2, 0.25) is 0 Å². The molecule has 1 aromatic carbocycles. The van der Waals surface area contributed by atoms with Gasteiger partial charge < -0.3 is 14.2 Å². The largest absolute Gasteiger partial charge is 0.459 e. The van der Waals surface area contributed by atoms with Crippen molar-refractivity contribution in [1.82, 2.24) is 9.80 Å². The van der Waals surface area contributed by atoms with Gasteiger partial charge in [-0.15, -0.1) is 0 Å². The number of amides is 1. The highest BCUT2D eigenvalue weighted by Crippen LogP contribution is 2.19. The Morgan fingerprint density at radius 2 is 1.92 bits per heavy atom.